The minimum atomic E-state index is -0.304. The maximum Gasteiger partial charge on any atom is 0.159 e. The van der Waals surface area contributed by atoms with E-state index in [1.165, 1.54) is 27.6 Å². The van der Waals surface area contributed by atoms with Gasteiger partial charge < -0.3 is 5.32 Å². The van der Waals surface area contributed by atoms with Gasteiger partial charge in [0.2, 0.25) is 0 Å². The van der Waals surface area contributed by atoms with Crippen molar-refractivity contribution in [1.82, 2.24) is 10.3 Å². The van der Waals surface area contributed by atoms with Gasteiger partial charge in [0.25, 0.3) is 0 Å². The third-order valence-electron chi connectivity index (χ3n) is 10.6. The maximum atomic E-state index is 5.49. The summed E-state index contributed by atoms with van der Waals surface area (Å²) in [5.74, 6) is 1.51. The quantitative estimate of drug-likeness (QED) is 0.167. The predicted molar refractivity (Wildman–Crippen MR) is 233 cm³/mol. The highest BCUT2D eigenvalue weighted by Crippen LogP contribution is 2.41. The summed E-state index contributed by atoms with van der Waals surface area (Å²) in [5.41, 5.74) is 13.0. The van der Waals surface area contributed by atoms with Gasteiger partial charge in [-0.25, -0.2) is 15.0 Å². The molecule has 1 atom stereocenters. The number of rotatable bonds is 7. The Labute approximate surface area is 326 Å². The first-order valence-corrected chi connectivity index (χ1v) is 19.0. The van der Waals surface area contributed by atoms with Crippen LogP contribution in [0.1, 0.15) is 22.9 Å². The summed E-state index contributed by atoms with van der Waals surface area (Å²) in [4.78, 5) is 15.5. The highest BCUT2D eigenvalue weighted by molar-refractivity contribution is 6.19. The summed E-state index contributed by atoms with van der Waals surface area (Å²) in [7, 11) is 0. The smallest absolute Gasteiger partial charge is 0.159 e. The third kappa shape index (κ3) is 6.23. The van der Waals surface area contributed by atoms with Crippen LogP contribution in [0.5, 0.6) is 0 Å². The molecule has 4 heteroatoms. The molecule has 0 saturated carbocycles. The average Bonchev–Trinajstić information content (AvgIpc) is 3.29. The van der Waals surface area contributed by atoms with E-state index in [1.54, 1.807) is 0 Å². The Bertz CT molecular complexity index is 2890. The summed E-state index contributed by atoms with van der Waals surface area (Å²) in [6.45, 7) is 0. The molecule has 1 N–H and O–H groups in total. The number of benzene rings is 8. The van der Waals surface area contributed by atoms with Gasteiger partial charge in [0.1, 0.15) is 12.0 Å². The molecule has 1 aliphatic rings. The second kappa shape index (κ2) is 14.4. The van der Waals surface area contributed by atoms with Gasteiger partial charge in [0.05, 0.1) is 11.2 Å². The van der Waals surface area contributed by atoms with Gasteiger partial charge in [0.15, 0.2) is 5.84 Å². The van der Waals surface area contributed by atoms with E-state index in [0.717, 1.165) is 61.2 Å². The van der Waals surface area contributed by atoms with Gasteiger partial charge in [-0.05, 0) is 33.4 Å². The summed E-state index contributed by atoms with van der Waals surface area (Å²) >= 11 is 0. The van der Waals surface area contributed by atoms with E-state index in [-0.39, 0.29) is 6.17 Å². The van der Waals surface area contributed by atoms with Crippen molar-refractivity contribution in [2.75, 3.05) is 0 Å². The number of hydrogen-bond acceptors (Lipinski definition) is 4. The van der Waals surface area contributed by atoms with Crippen LogP contribution in [0, 0.1) is 0 Å². The van der Waals surface area contributed by atoms with E-state index in [1.807, 2.05) is 36.4 Å². The molecule has 0 saturated heterocycles. The van der Waals surface area contributed by atoms with E-state index in [0.29, 0.717) is 5.84 Å². The first-order valence-electron chi connectivity index (χ1n) is 19.0. The van der Waals surface area contributed by atoms with Crippen LogP contribution in [0.2, 0.25) is 0 Å². The lowest BCUT2D eigenvalue weighted by Gasteiger charge is -2.24. The Morgan fingerprint density at radius 2 is 0.875 bits per heavy atom. The lowest BCUT2D eigenvalue weighted by Crippen LogP contribution is -2.33. The second-order valence-corrected chi connectivity index (χ2v) is 14.0. The minimum absolute atomic E-state index is 0.304. The van der Waals surface area contributed by atoms with Crippen LogP contribution in [0.3, 0.4) is 0 Å². The van der Waals surface area contributed by atoms with Crippen molar-refractivity contribution in [3.05, 3.63) is 223 Å². The second-order valence-electron chi connectivity index (χ2n) is 14.0. The van der Waals surface area contributed by atoms with Crippen LogP contribution in [0.4, 0.5) is 0 Å². The summed E-state index contributed by atoms with van der Waals surface area (Å²) in [6, 6.07) is 72.3. The molecule has 0 bridgehead atoms. The predicted octanol–water partition coefficient (Wildman–Crippen LogP) is 12.6. The van der Waals surface area contributed by atoms with Gasteiger partial charge >= 0.3 is 0 Å². The molecule has 0 amide bonds. The normalized spacial score (nSPS) is 13.9. The first-order chi connectivity index (χ1) is 27.8. The molecule has 0 radical (unpaired) electrons. The Morgan fingerprint density at radius 1 is 0.375 bits per heavy atom. The van der Waals surface area contributed by atoms with Crippen molar-refractivity contribution in [3.63, 3.8) is 0 Å². The van der Waals surface area contributed by atoms with Gasteiger partial charge in [-0.3, -0.25) is 0 Å². The number of pyridine rings is 1. The van der Waals surface area contributed by atoms with Gasteiger partial charge in [-0.15, -0.1) is 0 Å². The number of aromatic nitrogens is 1. The molecule has 2 heterocycles. The van der Waals surface area contributed by atoms with E-state index < -0.39 is 0 Å². The number of fused-ring (bicyclic) bond motifs is 3. The third-order valence-corrected chi connectivity index (χ3v) is 10.6. The van der Waals surface area contributed by atoms with Crippen LogP contribution in [0.25, 0.3) is 66.3 Å². The number of aliphatic imine (C=N–C) groups is 2. The fourth-order valence-corrected chi connectivity index (χ4v) is 7.76. The van der Waals surface area contributed by atoms with Crippen LogP contribution in [0.15, 0.2) is 216 Å². The highest BCUT2D eigenvalue weighted by atomic mass is 15.2. The molecule has 8 aromatic carbocycles. The van der Waals surface area contributed by atoms with Crippen LogP contribution in [-0.2, 0) is 0 Å². The maximum absolute atomic E-state index is 5.49. The SMILES string of the molecule is c1ccc(C2=NC(c3ccc(-c4cccc5c4nc(-c4ccccc4)c4cccc(-c6ccc(-c7ccccc7)cc6)c45)cc3)NC(c3ccccc3)=N2)cc1. The van der Waals surface area contributed by atoms with Crippen molar-refractivity contribution in [2.45, 2.75) is 6.17 Å². The lowest BCUT2D eigenvalue weighted by molar-refractivity contribution is 0.674. The summed E-state index contributed by atoms with van der Waals surface area (Å²) < 4.78 is 0. The number of nitrogens with one attached hydrogen (secondary N) is 1. The van der Waals surface area contributed by atoms with Crippen molar-refractivity contribution in [1.29, 1.82) is 0 Å². The van der Waals surface area contributed by atoms with Gasteiger partial charge in [-0.1, -0.05) is 206 Å². The highest BCUT2D eigenvalue weighted by Gasteiger charge is 2.22. The Balaban J connectivity index is 1.09. The lowest BCUT2D eigenvalue weighted by atomic mass is 9.90. The summed E-state index contributed by atoms with van der Waals surface area (Å²) in [5, 5.41) is 7.06. The van der Waals surface area contributed by atoms with E-state index >= 15 is 0 Å². The molecule has 10 rings (SSSR count). The van der Waals surface area contributed by atoms with Crippen molar-refractivity contribution < 1.29 is 0 Å². The van der Waals surface area contributed by atoms with Gasteiger partial charge in [0, 0.05) is 38.4 Å². The van der Waals surface area contributed by atoms with Crippen molar-refractivity contribution >= 4 is 33.3 Å². The van der Waals surface area contributed by atoms with E-state index in [2.05, 4.69) is 175 Å². The first kappa shape index (κ1) is 33.2. The fourth-order valence-electron chi connectivity index (χ4n) is 7.76. The zero-order valence-electron chi connectivity index (χ0n) is 30.5. The molecular formula is C52H36N4. The van der Waals surface area contributed by atoms with Crippen LogP contribution < -0.4 is 5.32 Å². The minimum Gasteiger partial charge on any atom is -0.344 e. The topological polar surface area (TPSA) is 49.6 Å². The molecule has 264 valence electrons. The number of nitrogens with zero attached hydrogens (tertiary/aromatic N) is 3. The average molecular weight is 717 g/mol. The van der Waals surface area contributed by atoms with Crippen molar-refractivity contribution in [2.24, 2.45) is 9.98 Å². The fraction of sp³-hybridized carbons (Fsp3) is 0.0192. The van der Waals surface area contributed by atoms with Crippen molar-refractivity contribution in [3.8, 4) is 44.6 Å². The van der Waals surface area contributed by atoms with Crippen LogP contribution >= 0.6 is 0 Å². The van der Waals surface area contributed by atoms with Gasteiger partial charge in [-0.2, -0.15) is 0 Å². The molecule has 1 aromatic heterocycles. The Kier molecular flexibility index (Phi) is 8.54. The molecular weight excluding hydrogens is 681 g/mol. The van der Waals surface area contributed by atoms with E-state index in [9.17, 15) is 0 Å². The molecule has 1 unspecified atom stereocenters. The molecule has 0 aliphatic carbocycles. The Morgan fingerprint density at radius 3 is 1.54 bits per heavy atom. The monoisotopic (exact) mass is 716 g/mol. The number of hydrogen-bond donors (Lipinski definition) is 1. The molecule has 56 heavy (non-hydrogen) atoms. The largest absolute Gasteiger partial charge is 0.344 e. The zero-order valence-corrected chi connectivity index (χ0v) is 30.5. The number of amidine groups is 2. The molecule has 0 spiro atoms. The molecule has 1 aliphatic heterocycles. The van der Waals surface area contributed by atoms with E-state index in [4.69, 9.17) is 15.0 Å². The molecule has 0 fully saturated rings. The number of para-hydroxylation sites is 1. The zero-order chi connectivity index (χ0) is 37.3. The standard InChI is InChI=1S/C52H36N4/c1-5-15-35(16-6-1)36-27-29-37(30-28-36)43-23-13-25-45-47(43)46-26-14-24-44(49(46)53-48(45)39-17-7-2-8-18-39)38-31-33-42(34-32-38)52-55-50(40-19-9-3-10-20-40)54-51(56-52)41-21-11-4-12-22-41/h1-34,52H,(H,54,55,56). The Hall–Kier alpha value is -7.43. The van der Waals surface area contributed by atoms with Crippen LogP contribution in [-0.4, -0.2) is 16.7 Å². The summed E-state index contributed by atoms with van der Waals surface area (Å²) in [6.07, 6.45) is -0.304. The molecule has 9 aromatic rings. The molecule has 4 nitrogen and oxygen atoms in total.